The molecule has 1 aromatic heterocycles. The zero-order valence-electron chi connectivity index (χ0n) is 10.8. The third-order valence-electron chi connectivity index (χ3n) is 2.47. The Morgan fingerprint density at radius 3 is 2.60 bits per heavy atom. The lowest BCUT2D eigenvalue weighted by atomic mass is 10.1. The van der Waals surface area contributed by atoms with Gasteiger partial charge >= 0.3 is 5.97 Å². The Morgan fingerprint density at radius 2 is 2.00 bits per heavy atom. The number of hydrogen-bond acceptors (Lipinski definition) is 6. The third-order valence-corrected chi connectivity index (χ3v) is 2.47. The molecule has 0 unspecified atom stereocenters. The number of rotatable bonds is 4. The van der Waals surface area contributed by atoms with Gasteiger partial charge in [-0.3, -0.25) is 9.59 Å². The summed E-state index contributed by atoms with van der Waals surface area (Å²) < 4.78 is 10.1. The number of hydrogen-bond donors (Lipinski definition) is 2. The number of H-pyrrole nitrogens is 1. The first-order chi connectivity index (χ1) is 9.52. The van der Waals surface area contributed by atoms with Crippen LogP contribution in [0.4, 0.5) is 0 Å². The molecule has 0 aliphatic rings. The highest BCUT2D eigenvalue weighted by Crippen LogP contribution is 2.32. The molecule has 0 saturated heterocycles. The van der Waals surface area contributed by atoms with Crippen LogP contribution in [0.3, 0.4) is 0 Å². The normalized spacial score (nSPS) is 10.1. The minimum atomic E-state index is -0.697. The molecule has 0 aliphatic carbocycles. The van der Waals surface area contributed by atoms with E-state index < -0.39 is 11.9 Å². The number of nitrogens with two attached hydrogens (primary N) is 1. The van der Waals surface area contributed by atoms with Crippen molar-refractivity contribution in [3.05, 3.63) is 23.9 Å². The Hall–Kier alpha value is -2.90. The standard InChI is InChI=1S/C12H12N4O4/c1-6(17)20-8-4-3-7(5-9(8)19-2)10-11(12(13)18)15-16-14-10/h3-5H,1-2H3,(H2,13,18)(H,14,15,16). The number of ether oxygens (including phenoxy) is 2. The van der Waals surface area contributed by atoms with Crippen LogP contribution in [0.25, 0.3) is 11.3 Å². The summed E-state index contributed by atoms with van der Waals surface area (Å²) in [5.41, 5.74) is 6.07. The zero-order valence-corrected chi connectivity index (χ0v) is 10.8. The number of nitrogens with one attached hydrogen (secondary N) is 1. The Kier molecular flexibility index (Phi) is 3.65. The number of methoxy groups -OCH3 is 1. The van der Waals surface area contributed by atoms with E-state index in [-0.39, 0.29) is 11.4 Å². The number of esters is 1. The molecule has 1 amide bonds. The van der Waals surface area contributed by atoms with Gasteiger partial charge < -0.3 is 15.2 Å². The van der Waals surface area contributed by atoms with Crippen LogP contribution in [0.15, 0.2) is 18.2 Å². The van der Waals surface area contributed by atoms with Crippen LogP contribution in [0.5, 0.6) is 11.5 Å². The lowest BCUT2D eigenvalue weighted by molar-refractivity contribution is -0.132. The first-order valence-corrected chi connectivity index (χ1v) is 5.60. The van der Waals surface area contributed by atoms with Crippen LogP contribution in [0.2, 0.25) is 0 Å². The van der Waals surface area contributed by atoms with Gasteiger partial charge in [0.15, 0.2) is 17.2 Å². The van der Waals surface area contributed by atoms with Crippen LogP contribution in [0.1, 0.15) is 17.4 Å². The molecule has 20 heavy (non-hydrogen) atoms. The maximum atomic E-state index is 11.2. The second-order valence-corrected chi connectivity index (χ2v) is 3.84. The van der Waals surface area contributed by atoms with Crippen molar-refractivity contribution >= 4 is 11.9 Å². The van der Waals surface area contributed by atoms with Gasteiger partial charge in [-0.15, -0.1) is 0 Å². The Balaban J connectivity index is 2.46. The molecular weight excluding hydrogens is 264 g/mol. The van der Waals surface area contributed by atoms with E-state index in [0.717, 1.165) is 0 Å². The Labute approximate surface area is 113 Å². The molecule has 0 radical (unpaired) electrons. The molecule has 0 spiro atoms. The summed E-state index contributed by atoms with van der Waals surface area (Å²) in [6.45, 7) is 1.29. The second kappa shape index (κ2) is 5.39. The molecule has 8 heteroatoms. The molecule has 0 atom stereocenters. The number of primary amides is 1. The van der Waals surface area contributed by atoms with Crippen LogP contribution >= 0.6 is 0 Å². The predicted molar refractivity (Wildman–Crippen MR) is 68.2 cm³/mol. The number of benzene rings is 1. The van der Waals surface area contributed by atoms with E-state index in [1.165, 1.54) is 20.1 Å². The fraction of sp³-hybridized carbons (Fsp3) is 0.167. The highest BCUT2D eigenvalue weighted by molar-refractivity contribution is 5.96. The van der Waals surface area contributed by atoms with Crippen molar-refractivity contribution in [1.29, 1.82) is 0 Å². The topological polar surface area (TPSA) is 120 Å². The second-order valence-electron chi connectivity index (χ2n) is 3.84. The highest BCUT2D eigenvalue weighted by Gasteiger charge is 2.17. The maximum Gasteiger partial charge on any atom is 0.308 e. The van der Waals surface area contributed by atoms with E-state index in [1.807, 2.05) is 0 Å². The number of aromatic nitrogens is 3. The van der Waals surface area contributed by atoms with Crippen LogP contribution in [-0.4, -0.2) is 34.4 Å². The largest absolute Gasteiger partial charge is 0.493 e. The van der Waals surface area contributed by atoms with Crippen molar-refractivity contribution in [2.45, 2.75) is 6.92 Å². The average Bonchev–Trinajstić information content (AvgIpc) is 2.88. The fourth-order valence-electron chi connectivity index (χ4n) is 1.66. The summed E-state index contributed by atoms with van der Waals surface area (Å²) in [6, 6.07) is 4.72. The van der Waals surface area contributed by atoms with E-state index in [1.54, 1.807) is 12.1 Å². The number of carbonyl (C=O) groups excluding carboxylic acids is 2. The van der Waals surface area contributed by atoms with E-state index in [4.69, 9.17) is 15.2 Å². The number of amides is 1. The van der Waals surface area contributed by atoms with E-state index in [0.29, 0.717) is 17.0 Å². The minimum absolute atomic E-state index is 0.0206. The van der Waals surface area contributed by atoms with Gasteiger partial charge in [0.1, 0.15) is 5.69 Å². The van der Waals surface area contributed by atoms with Crippen molar-refractivity contribution in [1.82, 2.24) is 15.4 Å². The van der Waals surface area contributed by atoms with Gasteiger partial charge in [0.25, 0.3) is 5.91 Å². The summed E-state index contributed by atoms with van der Waals surface area (Å²) in [5.74, 6) is -0.559. The Bertz CT molecular complexity index is 665. The van der Waals surface area contributed by atoms with Crippen LogP contribution in [-0.2, 0) is 4.79 Å². The number of nitrogens with zero attached hydrogens (tertiary/aromatic N) is 2. The summed E-state index contributed by atoms with van der Waals surface area (Å²) in [4.78, 5) is 22.2. The molecule has 0 aliphatic heterocycles. The van der Waals surface area contributed by atoms with Crippen molar-refractivity contribution in [2.75, 3.05) is 7.11 Å². The minimum Gasteiger partial charge on any atom is -0.493 e. The van der Waals surface area contributed by atoms with Gasteiger partial charge in [0.2, 0.25) is 0 Å². The molecule has 3 N–H and O–H groups in total. The molecule has 0 fully saturated rings. The molecule has 0 saturated carbocycles. The average molecular weight is 276 g/mol. The molecule has 0 bridgehead atoms. The van der Waals surface area contributed by atoms with Gasteiger partial charge in [-0.1, -0.05) is 0 Å². The lowest BCUT2D eigenvalue weighted by Crippen LogP contribution is -2.12. The highest BCUT2D eigenvalue weighted by atomic mass is 16.6. The van der Waals surface area contributed by atoms with E-state index in [9.17, 15) is 9.59 Å². The third kappa shape index (κ3) is 2.58. The fourth-order valence-corrected chi connectivity index (χ4v) is 1.66. The number of aromatic amines is 1. The van der Waals surface area contributed by atoms with Gasteiger partial charge in [-0.05, 0) is 18.2 Å². The van der Waals surface area contributed by atoms with Crippen molar-refractivity contribution in [3.63, 3.8) is 0 Å². The zero-order chi connectivity index (χ0) is 14.7. The van der Waals surface area contributed by atoms with Gasteiger partial charge in [-0.2, -0.15) is 15.4 Å². The molecule has 1 heterocycles. The molecule has 8 nitrogen and oxygen atoms in total. The number of carbonyl (C=O) groups is 2. The Morgan fingerprint density at radius 1 is 1.25 bits per heavy atom. The summed E-state index contributed by atoms with van der Waals surface area (Å²) in [6.07, 6.45) is 0. The van der Waals surface area contributed by atoms with Gasteiger partial charge in [0.05, 0.1) is 7.11 Å². The molecule has 2 aromatic rings. The summed E-state index contributed by atoms with van der Waals surface area (Å²) in [5, 5.41) is 9.89. The predicted octanol–water partition coefficient (Wildman–Crippen LogP) is 0.504. The monoisotopic (exact) mass is 276 g/mol. The molecule has 2 rings (SSSR count). The van der Waals surface area contributed by atoms with E-state index in [2.05, 4.69) is 15.4 Å². The SMILES string of the molecule is COc1cc(-c2n[nH]nc2C(N)=O)ccc1OC(C)=O. The van der Waals surface area contributed by atoms with E-state index >= 15 is 0 Å². The van der Waals surface area contributed by atoms with Crippen molar-refractivity contribution in [3.8, 4) is 22.8 Å². The first-order valence-electron chi connectivity index (χ1n) is 5.60. The molecular formula is C12H12N4O4. The van der Waals surface area contributed by atoms with Crippen LogP contribution < -0.4 is 15.2 Å². The van der Waals surface area contributed by atoms with Gasteiger partial charge in [0, 0.05) is 12.5 Å². The van der Waals surface area contributed by atoms with Crippen molar-refractivity contribution < 1.29 is 19.1 Å². The quantitative estimate of drug-likeness (QED) is 0.619. The lowest BCUT2D eigenvalue weighted by Gasteiger charge is -2.09. The smallest absolute Gasteiger partial charge is 0.308 e. The first kappa shape index (κ1) is 13.5. The van der Waals surface area contributed by atoms with Crippen LogP contribution in [0, 0.1) is 0 Å². The molecule has 1 aromatic carbocycles. The summed E-state index contributed by atoms with van der Waals surface area (Å²) in [7, 11) is 1.43. The van der Waals surface area contributed by atoms with Crippen molar-refractivity contribution in [2.24, 2.45) is 5.73 Å². The molecule has 104 valence electrons. The van der Waals surface area contributed by atoms with Gasteiger partial charge in [-0.25, -0.2) is 0 Å². The summed E-state index contributed by atoms with van der Waals surface area (Å²) >= 11 is 0. The maximum absolute atomic E-state index is 11.2.